The Kier molecular flexibility index (Phi) is 4.13. The number of hydrogen-bond acceptors (Lipinski definition) is 4. The molecule has 0 bridgehead atoms. The first-order valence-corrected chi connectivity index (χ1v) is 4.93. The summed E-state index contributed by atoms with van der Waals surface area (Å²) in [5.74, 6) is -0.886. The minimum atomic E-state index is -1.08. The maximum atomic E-state index is 10.9. The fraction of sp³-hybridized carbons (Fsp3) is 0.364. The van der Waals surface area contributed by atoms with Crippen LogP contribution in [-0.2, 0) is 6.42 Å². The summed E-state index contributed by atoms with van der Waals surface area (Å²) in [6.45, 7) is 0.494. The molecule has 16 heavy (non-hydrogen) atoms. The minimum Gasteiger partial charge on any atom is -0.508 e. The lowest BCUT2D eigenvalue weighted by Crippen LogP contribution is -2.04. The van der Waals surface area contributed by atoms with E-state index in [1.807, 2.05) is 0 Å². The monoisotopic (exact) mass is 225 g/mol. The van der Waals surface area contributed by atoms with Gasteiger partial charge in [0.15, 0.2) is 0 Å². The van der Waals surface area contributed by atoms with E-state index < -0.39 is 5.97 Å². The van der Waals surface area contributed by atoms with E-state index in [9.17, 15) is 9.90 Å². The Morgan fingerprint density at radius 3 is 2.69 bits per heavy atom. The quantitative estimate of drug-likeness (QED) is 0.694. The highest BCUT2D eigenvalue weighted by atomic mass is 16.5. The van der Waals surface area contributed by atoms with Gasteiger partial charge in [0.1, 0.15) is 17.1 Å². The van der Waals surface area contributed by atoms with Gasteiger partial charge in [0.05, 0.1) is 7.11 Å². The van der Waals surface area contributed by atoms with Gasteiger partial charge in [-0.1, -0.05) is 0 Å². The lowest BCUT2D eigenvalue weighted by molar-refractivity contribution is 0.0693. The number of rotatable bonds is 5. The van der Waals surface area contributed by atoms with Crippen molar-refractivity contribution < 1.29 is 19.7 Å². The molecule has 1 aromatic carbocycles. The third kappa shape index (κ3) is 2.64. The van der Waals surface area contributed by atoms with Crippen molar-refractivity contribution in [3.63, 3.8) is 0 Å². The molecular weight excluding hydrogens is 210 g/mol. The molecule has 5 heteroatoms. The minimum absolute atomic E-state index is 0.0373. The Morgan fingerprint density at radius 2 is 2.19 bits per heavy atom. The number of carbonyl (C=O) groups is 1. The van der Waals surface area contributed by atoms with Gasteiger partial charge >= 0.3 is 5.97 Å². The van der Waals surface area contributed by atoms with Crippen LogP contribution in [0.2, 0.25) is 0 Å². The second-order valence-electron chi connectivity index (χ2n) is 3.38. The summed E-state index contributed by atoms with van der Waals surface area (Å²) in [6, 6.07) is 2.74. The van der Waals surface area contributed by atoms with E-state index in [0.717, 1.165) is 0 Å². The molecule has 0 radical (unpaired) electrons. The Bertz CT molecular complexity index is 390. The molecule has 4 N–H and O–H groups in total. The van der Waals surface area contributed by atoms with Crippen LogP contribution in [-0.4, -0.2) is 29.8 Å². The molecule has 0 amide bonds. The number of carboxylic acid groups (broad SMARTS) is 1. The summed E-state index contributed by atoms with van der Waals surface area (Å²) in [4.78, 5) is 10.9. The number of benzene rings is 1. The Hall–Kier alpha value is -1.75. The summed E-state index contributed by atoms with van der Waals surface area (Å²) >= 11 is 0. The highest BCUT2D eigenvalue weighted by molar-refractivity contribution is 5.91. The van der Waals surface area contributed by atoms with Crippen LogP contribution >= 0.6 is 0 Å². The predicted molar refractivity (Wildman–Crippen MR) is 59.0 cm³/mol. The average Bonchev–Trinajstić information content (AvgIpc) is 2.26. The first-order chi connectivity index (χ1) is 7.60. The summed E-state index contributed by atoms with van der Waals surface area (Å²) in [5, 5.41) is 18.6. The van der Waals surface area contributed by atoms with Crippen LogP contribution in [0.1, 0.15) is 22.3 Å². The second-order valence-corrected chi connectivity index (χ2v) is 3.38. The molecule has 0 spiro atoms. The van der Waals surface area contributed by atoms with Crippen molar-refractivity contribution in [2.75, 3.05) is 13.7 Å². The number of methoxy groups -OCH3 is 1. The standard InChI is InChI=1S/C11H15NO4/c1-16-10-6-9(13)7(3-2-4-12)5-8(10)11(14)15/h5-6,13H,2-4,12H2,1H3,(H,14,15). The van der Waals surface area contributed by atoms with E-state index in [-0.39, 0.29) is 17.1 Å². The van der Waals surface area contributed by atoms with Crippen LogP contribution in [0.4, 0.5) is 0 Å². The maximum Gasteiger partial charge on any atom is 0.339 e. The zero-order valence-electron chi connectivity index (χ0n) is 9.06. The summed E-state index contributed by atoms with van der Waals surface area (Å²) in [5.41, 5.74) is 5.98. The molecular formula is C11H15NO4. The number of nitrogens with two attached hydrogens (primary N) is 1. The zero-order chi connectivity index (χ0) is 12.1. The third-order valence-corrected chi connectivity index (χ3v) is 2.28. The van der Waals surface area contributed by atoms with Crippen LogP contribution in [0.25, 0.3) is 0 Å². The first kappa shape index (κ1) is 12.3. The van der Waals surface area contributed by atoms with Crippen molar-refractivity contribution in [3.05, 3.63) is 23.3 Å². The second kappa shape index (κ2) is 5.37. The summed E-state index contributed by atoms with van der Waals surface area (Å²) in [6.07, 6.45) is 1.24. The van der Waals surface area contributed by atoms with Crippen LogP contribution < -0.4 is 10.5 Å². The van der Waals surface area contributed by atoms with Gasteiger partial charge in [-0.3, -0.25) is 0 Å². The van der Waals surface area contributed by atoms with Crippen molar-refractivity contribution in [3.8, 4) is 11.5 Å². The fourth-order valence-electron chi connectivity index (χ4n) is 1.44. The molecule has 0 heterocycles. The normalized spacial score (nSPS) is 10.1. The molecule has 5 nitrogen and oxygen atoms in total. The Labute approximate surface area is 93.5 Å². The average molecular weight is 225 g/mol. The molecule has 0 aromatic heterocycles. The maximum absolute atomic E-state index is 10.9. The predicted octanol–water partition coefficient (Wildman–Crippen LogP) is 0.990. The molecule has 0 aliphatic carbocycles. The zero-order valence-corrected chi connectivity index (χ0v) is 9.06. The molecule has 0 saturated carbocycles. The summed E-state index contributed by atoms with van der Waals surface area (Å²) in [7, 11) is 1.36. The van der Waals surface area contributed by atoms with Crippen molar-refractivity contribution >= 4 is 5.97 Å². The number of hydrogen-bond donors (Lipinski definition) is 3. The van der Waals surface area contributed by atoms with Crippen LogP contribution in [0, 0.1) is 0 Å². The van der Waals surface area contributed by atoms with Crippen LogP contribution in [0.5, 0.6) is 11.5 Å². The number of aromatic hydroxyl groups is 1. The number of phenolic OH excluding ortho intramolecular Hbond substituents is 1. The van der Waals surface area contributed by atoms with E-state index in [4.69, 9.17) is 15.6 Å². The Balaban J connectivity index is 3.11. The molecule has 0 aliphatic rings. The number of phenols is 1. The molecule has 1 aromatic rings. The van der Waals surface area contributed by atoms with Crippen LogP contribution in [0.3, 0.4) is 0 Å². The van der Waals surface area contributed by atoms with Gasteiger partial charge in [0.25, 0.3) is 0 Å². The lowest BCUT2D eigenvalue weighted by atomic mass is 10.0. The molecule has 0 unspecified atom stereocenters. The largest absolute Gasteiger partial charge is 0.508 e. The number of aryl methyl sites for hydroxylation is 1. The molecule has 0 atom stereocenters. The third-order valence-electron chi connectivity index (χ3n) is 2.28. The summed E-state index contributed by atoms with van der Waals surface area (Å²) < 4.78 is 4.88. The van der Waals surface area contributed by atoms with Gasteiger partial charge in [0, 0.05) is 6.07 Å². The van der Waals surface area contributed by atoms with Crippen molar-refractivity contribution in [1.29, 1.82) is 0 Å². The van der Waals surface area contributed by atoms with E-state index in [1.165, 1.54) is 19.2 Å². The molecule has 88 valence electrons. The van der Waals surface area contributed by atoms with Crippen molar-refractivity contribution in [1.82, 2.24) is 0 Å². The smallest absolute Gasteiger partial charge is 0.339 e. The SMILES string of the molecule is COc1cc(O)c(CCCN)cc1C(=O)O. The van der Waals surface area contributed by atoms with Gasteiger partial charge in [0.2, 0.25) is 0 Å². The first-order valence-electron chi connectivity index (χ1n) is 4.93. The topological polar surface area (TPSA) is 92.8 Å². The Morgan fingerprint density at radius 1 is 1.50 bits per heavy atom. The van der Waals surface area contributed by atoms with Gasteiger partial charge < -0.3 is 20.7 Å². The van der Waals surface area contributed by atoms with Gasteiger partial charge in [-0.15, -0.1) is 0 Å². The van der Waals surface area contributed by atoms with Crippen LogP contribution in [0.15, 0.2) is 12.1 Å². The highest BCUT2D eigenvalue weighted by Crippen LogP contribution is 2.29. The number of carboxylic acids is 1. The highest BCUT2D eigenvalue weighted by Gasteiger charge is 2.14. The van der Waals surface area contributed by atoms with Crippen molar-refractivity contribution in [2.24, 2.45) is 5.73 Å². The molecule has 0 aliphatic heterocycles. The van der Waals surface area contributed by atoms with Gasteiger partial charge in [-0.25, -0.2) is 4.79 Å². The molecule has 1 rings (SSSR count). The molecule has 0 saturated heterocycles. The number of ether oxygens (including phenoxy) is 1. The van der Waals surface area contributed by atoms with Gasteiger partial charge in [-0.05, 0) is 31.0 Å². The lowest BCUT2D eigenvalue weighted by Gasteiger charge is -2.09. The number of aromatic carboxylic acids is 1. The molecule has 0 fully saturated rings. The van der Waals surface area contributed by atoms with E-state index in [2.05, 4.69) is 0 Å². The van der Waals surface area contributed by atoms with E-state index in [1.54, 1.807) is 0 Å². The van der Waals surface area contributed by atoms with Crippen molar-refractivity contribution in [2.45, 2.75) is 12.8 Å². The van der Waals surface area contributed by atoms with E-state index >= 15 is 0 Å². The van der Waals surface area contributed by atoms with Gasteiger partial charge in [-0.2, -0.15) is 0 Å². The van der Waals surface area contributed by atoms with E-state index in [0.29, 0.717) is 24.9 Å². The fourth-order valence-corrected chi connectivity index (χ4v) is 1.44.